The van der Waals surface area contributed by atoms with E-state index in [1.807, 2.05) is 17.2 Å². The molecule has 1 unspecified atom stereocenters. The Hall–Kier alpha value is -2.31. The van der Waals surface area contributed by atoms with Gasteiger partial charge < -0.3 is 9.64 Å². The SMILES string of the molecule is O=C(CN1CCOCC1)N1CCCCC1c1ccc(Cc2ccc(F)cc2)nc1. The Labute approximate surface area is 171 Å². The second-order valence-corrected chi connectivity index (χ2v) is 7.87. The maximum absolute atomic E-state index is 13.1. The van der Waals surface area contributed by atoms with Gasteiger partial charge in [-0.25, -0.2) is 4.39 Å². The lowest BCUT2D eigenvalue weighted by molar-refractivity contribution is -0.137. The van der Waals surface area contributed by atoms with Crippen molar-refractivity contribution in [3.63, 3.8) is 0 Å². The van der Waals surface area contributed by atoms with E-state index in [2.05, 4.69) is 16.0 Å². The first-order chi connectivity index (χ1) is 14.2. The van der Waals surface area contributed by atoms with Crippen LogP contribution in [0.25, 0.3) is 0 Å². The monoisotopic (exact) mass is 397 g/mol. The summed E-state index contributed by atoms with van der Waals surface area (Å²) in [7, 11) is 0. The Bertz CT molecular complexity index is 804. The van der Waals surface area contributed by atoms with Crippen LogP contribution in [0.3, 0.4) is 0 Å². The number of benzene rings is 1. The summed E-state index contributed by atoms with van der Waals surface area (Å²) in [4.78, 5) is 21.8. The molecule has 2 aromatic rings. The molecule has 154 valence electrons. The average molecular weight is 397 g/mol. The largest absolute Gasteiger partial charge is 0.379 e. The number of pyridine rings is 1. The number of morpholine rings is 1. The molecule has 0 aliphatic carbocycles. The highest BCUT2D eigenvalue weighted by molar-refractivity contribution is 5.79. The fourth-order valence-electron chi connectivity index (χ4n) is 4.17. The van der Waals surface area contributed by atoms with Crippen molar-refractivity contribution in [1.29, 1.82) is 0 Å². The lowest BCUT2D eigenvalue weighted by Crippen LogP contribution is -2.47. The van der Waals surface area contributed by atoms with Gasteiger partial charge in [0.1, 0.15) is 5.82 Å². The van der Waals surface area contributed by atoms with Crippen molar-refractivity contribution < 1.29 is 13.9 Å². The van der Waals surface area contributed by atoms with Gasteiger partial charge in [0.25, 0.3) is 0 Å². The van der Waals surface area contributed by atoms with E-state index in [9.17, 15) is 9.18 Å². The minimum absolute atomic E-state index is 0.102. The smallest absolute Gasteiger partial charge is 0.237 e. The van der Waals surface area contributed by atoms with Crippen molar-refractivity contribution in [3.8, 4) is 0 Å². The number of rotatable bonds is 5. The van der Waals surface area contributed by atoms with Crippen LogP contribution in [-0.4, -0.2) is 60.1 Å². The Morgan fingerprint density at radius 3 is 2.59 bits per heavy atom. The summed E-state index contributed by atoms with van der Waals surface area (Å²) in [5.74, 6) is -0.0248. The number of halogens is 1. The number of carbonyl (C=O) groups excluding carboxylic acids is 1. The average Bonchev–Trinajstić information content (AvgIpc) is 2.77. The fourth-order valence-corrected chi connectivity index (χ4v) is 4.17. The van der Waals surface area contributed by atoms with Crippen molar-refractivity contribution in [2.75, 3.05) is 39.4 Å². The van der Waals surface area contributed by atoms with Gasteiger partial charge in [-0.2, -0.15) is 0 Å². The van der Waals surface area contributed by atoms with Gasteiger partial charge in [-0.05, 0) is 48.6 Å². The molecule has 1 aromatic heterocycles. The van der Waals surface area contributed by atoms with E-state index in [4.69, 9.17) is 4.74 Å². The highest BCUT2D eigenvalue weighted by Crippen LogP contribution is 2.31. The normalized spacial score (nSPS) is 20.6. The minimum atomic E-state index is -0.226. The van der Waals surface area contributed by atoms with Gasteiger partial charge in [-0.15, -0.1) is 0 Å². The fraction of sp³-hybridized carbons (Fsp3) is 0.478. The van der Waals surface area contributed by atoms with Gasteiger partial charge in [0.05, 0.1) is 25.8 Å². The highest BCUT2D eigenvalue weighted by Gasteiger charge is 2.29. The molecule has 5 nitrogen and oxygen atoms in total. The first-order valence-corrected chi connectivity index (χ1v) is 10.5. The molecule has 0 N–H and O–H groups in total. The van der Waals surface area contributed by atoms with Crippen LogP contribution in [0.15, 0.2) is 42.6 Å². The van der Waals surface area contributed by atoms with E-state index in [0.29, 0.717) is 26.2 Å². The van der Waals surface area contributed by atoms with Gasteiger partial charge >= 0.3 is 0 Å². The molecule has 3 heterocycles. The quantitative estimate of drug-likeness (QED) is 0.777. The van der Waals surface area contributed by atoms with Crippen molar-refractivity contribution in [2.45, 2.75) is 31.7 Å². The predicted molar refractivity (Wildman–Crippen MR) is 109 cm³/mol. The molecule has 2 aliphatic rings. The van der Waals surface area contributed by atoms with Crippen LogP contribution in [0.5, 0.6) is 0 Å². The van der Waals surface area contributed by atoms with E-state index in [0.717, 1.165) is 55.7 Å². The molecule has 2 fully saturated rings. The molecule has 1 aromatic carbocycles. The van der Waals surface area contributed by atoms with Crippen molar-refractivity contribution in [3.05, 3.63) is 65.2 Å². The Morgan fingerprint density at radius 2 is 1.86 bits per heavy atom. The Kier molecular flexibility index (Phi) is 6.52. The third-order valence-corrected chi connectivity index (χ3v) is 5.82. The number of amides is 1. The molecule has 2 saturated heterocycles. The number of ether oxygens (including phenoxy) is 1. The first kappa shape index (κ1) is 20.0. The molecule has 0 bridgehead atoms. The predicted octanol–water partition coefficient (Wildman–Crippen LogP) is 3.20. The molecular weight excluding hydrogens is 369 g/mol. The van der Waals surface area contributed by atoms with Crippen LogP contribution in [-0.2, 0) is 16.0 Å². The minimum Gasteiger partial charge on any atom is -0.379 e. The molecule has 29 heavy (non-hydrogen) atoms. The number of hydrogen-bond acceptors (Lipinski definition) is 4. The zero-order valence-corrected chi connectivity index (χ0v) is 16.7. The van der Waals surface area contributed by atoms with E-state index >= 15 is 0 Å². The molecule has 1 atom stereocenters. The van der Waals surface area contributed by atoms with Crippen LogP contribution in [0.2, 0.25) is 0 Å². The van der Waals surface area contributed by atoms with E-state index in [-0.39, 0.29) is 17.8 Å². The molecule has 1 amide bonds. The molecule has 0 saturated carbocycles. The number of carbonyl (C=O) groups is 1. The first-order valence-electron chi connectivity index (χ1n) is 10.5. The molecular formula is C23H28FN3O2. The molecule has 4 rings (SSSR count). The van der Waals surface area contributed by atoms with Crippen LogP contribution >= 0.6 is 0 Å². The van der Waals surface area contributed by atoms with Gasteiger partial charge in [0.15, 0.2) is 0 Å². The third-order valence-electron chi connectivity index (χ3n) is 5.82. The summed E-state index contributed by atoms with van der Waals surface area (Å²) in [6, 6.07) is 10.8. The van der Waals surface area contributed by atoms with Gasteiger partial charge in [0.2, 0.25) is 5.91 Å². The maximum atomic E-state index is 13.1. The van der Waals surface area contributed by atoms with Crippen LogP contribution < -0.4 is 0 Å². The second kappa shape index (κ2) is 9.46. The van der Waals surface area contributed by atoms with Crippen molar-refractivity contribution >= 4 is 5.91 Å². The summed E-state index contributed by atoms with van der Waals surface area (Å²) in [5, 5.41) is 0. The molecule has 6 heteroatoms. The van der Waals surface area contributed by atoms with Crippen LogP contribution in [0.4, 0.5) is 4.39 Å². The van der Waals surface area contributed by atoms with Crippen LogP contribution in [0.1, 0.15) is 42.1 Å². The highest BCUT2D eigenvalue weighted by atomic mass is 19.1. The lowest BCUT2D eigenvalue weighted by atomic mass is 9.95. The topological polar surface area (TPSA) is 45.7 Å². The summed E-state index contributed by atoms with van der Waals surface area (Å²) in [6.07, 6.45) is 5.74. The van der Waals surface area contributed by atoms with E-state index in [1.165, 1.54) is 12.1 Å². The number of piperidine rings is 1. The van der Waals surface area contributed by atoms with Gasteiger partial charge in [0, 0.05) is 37.9 Å². The van der Waals surface area contributed by atoms with Gasteiger partial charge in [-0.1, -0.05) is 18.2 Å². The second-order valence-electron chi connectivity index (χ2n) is 7.87. The summed E-state index contributed by atoms with van der Waals surface area (Å²) >= 11 is 0. The number of nitrogens with zero attached hydrogens (tertiary/aromatic N) is 3. The van der Waals surface area contributed by atoms with Crippen molar-refractivity contribution in [2.24, 2.45) is 0 Å². The summed E-state index contributed by atoms with van der Waals surface area (Å²) < 4.78 is 18.5. The van der Waals surface area contributed by atoms with Crippen LogP contribution in [0, 0.1) is 5.82 Å². The molecule has 0 spiro atoms. The third kappa shape index (κ3) is 5.19. The van der Waals surface area contributed by atoms with E-state index < -0.39 is 0 Å². The standard InChI is InChI=1S/C23H28FN3O2/c24-20-7-4-18(5-8-20)15-21-9-6-19(16-25-21)22-3-1-2-10-27(22)23(28)17-26-11-13-29-14-12-26/h4-9,16,22H,1-3,10-15,17H2. The number of aromatic nitrogens is 1. The summed E-state index contributed by atoms with van der Waals surface area (Å²) in [5.41, 5.74) is 3.08. The van der Waals surface area contributed by atoms with Gasteiger partial charge in [-0.3, -0.25) is 14.7 Å². The zero-order chi connectivity index (χ0) is 20.1. The van der Waals surface area contributed by atoms with Crippen molar-refractivity contribution in [1.82, 2.24) is 14.8 Å². The summed E-state index contributed by atoms with van der Waals surface area (Å²) in [6.45, 7) is 4.33. The Balaban J connectivity index is 1.42. The molecule has 0 radical (unpaired) electrons. The van der Waals surface area contributed by atoms with E-state index in [1.54, 1.807) is 12.1 Å². The Morgan fingerprint density at radius 1 is 1.07 bits per heavy atom. The zero-order valence-electron chi connectivity index (χ0n) is 16.7. The maximum Gasteiger partial charge on any atom is 0.237 e. The number of hydrogen-bond donors (Lipinski definition) is 0. The molecule has 2 aliphatic heterocycles. The lowest BCUT2D eigenvalue weighted by Gasteiger charge is -2.37. The number of likely N-dealkylation sites (tertiary alicyclic amines) is 1.